The molecular formula is C18H14F3N5. The first-order valence-electron chi connectivity index (χ1n) is 7.84. The van der Waals surface area contributed by atoms with Crippen LogP contribution < -0.4 is 11.1 Å². The second-order valence-electron chi connectivity index (χ2n) is 5.89. The van der Waals surface area contributed by atoms with Crippen LogP contribution in [0.3, 0.4) is 0 Å². The van der Waals surface area contributed by atoms with E-state index in [-0.39, 0.29) is 12.2 Å². The van der Waals surface area contributed by atoms with E-state index in [0.29, 0.717) is 17.2 Å². The number of rotatable bonds is 3. The van der Waals surface area contributed by atoms with Gasteiger partial charge in [-0.05, 0) is 35.9 Å². The summed E-state index contributed by atoms with van der Waals surface area (Å²) in [7, 11) is 0. The van der Waals surface area contributed by atoms with Crippen molar-refractivity contribution in [3.63, 3.8) is 0 Å². The fraction of sp³-hybridized carbons (Fsp3) is 0.111. The topological polar surface area (TPSA) is 68.2 Å². The van der Waals surface area contributed by atoms with Crippen LogP contribution in [0.2, 0.25) is 0 Å². The molecule has 4 rings (SSSR count). The standard InChI is InChI=1S/C18H14F3N5/c19-18(20,21)12-7-11(8-13(22)9-12)10-24-16-14-3-1-2-4-15(14)26-6-5-23-17(26)25-16/h1-9H,10,22H2,(H,23,24,25). The molecule has 0 bridgehead atoms. The fourth-order valence-corrected chi connectivity index (χ4v) is 2.92. The average molecular weight is 357 g/mol. The molecule has 0 saturated heterocycles. The van der Waals surface area contributed by atoms with Gasteiger partial charge in [-0.1, -0.05) is 12.1 Å². The summed E-state index contributed by atoms with van der Waals surface area (Å²) in [6.45, 7) is 0.155. The zero-order valence-electron chi connectivity index (χ0n) is 13.5. The van der Waals surface area contributed by atoms with Crippen LogP contribution in [-0.2, 0) is 12.7 Å². The molecule has 0 radical (unpaired) electrons. The van der Waals surface area contributed by atoms with Crippen LogP contribution in [-0.4, -0.2) is 14.4 Å². The number of imidazole rings is 1. The van der Waals surface area contributed by atoms with E-state index in [2.05, 4.69) is 15.3 Å². The molecule has 5 nitrogen and oxygen atoms in total. The number of anilines is 2. The Balaban J connectivity index is 1.71. The van der Waals surface area contributed by atoms with E-state index in [1.807, 2.05) is 34.9 Å². The molecule has 0 aliphatic heterocycles. The van der Waals surface area contributed by atoms with Crippen LogP contribution in [0.25, 0.3) is 16.7 Å². The minimum atomic E-state index is -4.44. The number of nitrogens with two attached hydrogens (primary N) is 1. The fourth-order valence-electron chi connectivity index (χ4n) is 2.92. The summed E-state index contributed by atoms with van der Waals surface area (Å²) >= 11 is 0. The van der Waals surface area contributed by atoms with Crippen LogP contribution >= 0.6 is 0 Å². The third-order valence-electron chi connectivity index (χ3n) is 4.05. The van der Waals surface area contributed by atoms with Crippen molar-refractivity contribution < 1.29 is 13.2 Å². The Morgan fingerprint density at radius 2 is 1.92 bits per heavy atom. The number of hydrogen-bond acceptors (Lipinski definition) is 4. The SMILES string of the molecule is Nc1cc(CNc2nc3nccn3c3ccccc23)cc(C(F)(F)F)c1. The first kappa shape index (κ1) is 16.2. The summed E-state index contributed by atoms with van der Waals surface area (Å²) in [5, 5.41) is 3.95. The summed E-state index contributed by atoms with van der Waals surface area (Å²) < 4.78 is 40.7. The molecule has 4 aromatic rings. The molecular weight excluding hydrogens is 343 g/mol. The maximum atomic E-state index is 13.0. The molecule has 0 spiro atoms. The normalized spacial score (nSPS) is 12.0. The van der Waals surface area contributed by atoms with Gasteiger partial charge >= 0.3 is 6.18 Å². The van der Waals surface area contributed by atoms with E-state index in [9.17, 15) is 13.2 Å². The van der Waals surface area contributed by atoms with Crippen molar-refractivity contribution in [2.45, 2.75) is 12.7 Å². The Bertz CT molecular complexity index is 1100. The zero-order valence-corrected chi connectivity index (χ0v) is 13.5. The van der Waals surface area contributed by atoms with Crippen LogP contribution in [0.4, 0.5) is 24.7 Å². The molecule has 0 unspecified atom stereocenters. The molecule has 0 amide bonds. The van der Waals surface area contributed by atoms with Crippen molar-refractivity contribution in [1.29, 1.82) is 0 Å². The lowest BCUT2D eigenvalue weighted by molar-refractivity contribution is -0.137. The highest BCUT2D eigenvalue weighted by atomic mass is 19.4. The Morgan fingerprint density at radius 1 is 1.12 bits per heavy atom. The highest BCUT2D eigenvalue weighted by molar-refractivity contribution is 5.91. The predicted octanol–water partition coefficient (Wildman–Crippen LogP) is 4.10. The third-order valence-corrected chi connectivity index (χ3v) is 4.05. The quantitative estimate of drug-likeness (QED) is 0.542. The lowest BCUT2D eigenvalue weighted by Crippen LogP contribution is -2.09. The molecule has 8 heteroatoms. The third kappa shape index (κ3) is 2.90. The number of fused-ring (bicyclic) bond motifs is 3. The largest absolute Gasteiger partial charge is 0.416 e. The molecule has 0 saturated carbocycles. The molecule has 0 fully saturated rings. The van der Waals surface area contributed by atoms with Crippen LogP contribution in [0.5, 0.6) is 0 Å². The first-order chi connectivity index (χ1) is 12.4. The van der Waals surface area contributed by atoms with Crippen molar-refractivity contribution in [1.82, 2.24) is 14.4 Å². The smallest absolute Gasteiger partial charge is 0.399 e. The van der Waals surface area contributed by atoms with Crippen LogP contribution in [0, 0.1) is 0 Å². The Hall–Kier alpha value is -3.29. The number of para-hydroxylation sites is 1. The maximum Gasteiger partial charge on any atom is 0.416 e. The first-order valence-corrected chi connectivity index (χ1v) is 7.84. The summed E-state index contributed by atoms with van der Waals surface area (Å²) in [5.74, 6) is 1.06. The second-order valence-corrected chi connectivity index (χ2v) is 5.89. The molecule has 132 valence electrons. The number of nitrogens with one attached hydrogen (secondary N) is 1. The highest BCUT2D eigenvalue weighted by Crippen LogP contribution is 2.31. The number of nitrogens with zero attached hydrogens (tertiary/aromatic N) is 3. The molecule has 0 atom stereocenters. The van der Waals surface area contributed by atoms with Gasteiger partial charge in [0, 0.05) is 30.0 Å². The molecule has 26 heavy (non-hydrogen) atoms. The summed E-state index contributed by atoms with van der Waals surface area (Å²) in [6, 6.07) is 11.1. The van der Waals surface area contributed by atoms with E-state index in [1.54, 1.807) is 6.20 Å². The minimum Gasteiger partial charge on any atom is -0.399 e. The number of benzene rings is 2. The van der Waals surface area contributed by atoms with Crippen LogP contribution in [0.15, 0.2) is 54.9 Å². The van der Waals surface area contributed by atoms with Gasteiger partial charge in [0.1, 0.15) is 5.82 Å². The van der Waals surface area contributed by atoms with Crippen molar-refractivity contribution >= 4 is 28.2 Å². The van der Waals surface area contributed by atoms with E-state index >= 15 is 0 Å². The summed E-state index contributed by atoms with van der Waals surface area (Å²) in [4.78, 5) is 8.65. The number of aromatic nitrogens is 3. The Labute approximate surface area is 146 Å². The molecule has 2 aromatic heterocycles. The predicted molar refractivity (Wildman–Crippen MR) is 93.7 cm³/mol. The van der Waals surface area contributed by atoms with Crippen molar-refractivity contribution in [2.75, 3.05) is 11.1 Å². The van der Waals surface area contributed by atoms with Crippen molar-refractivity contribution in [3.8, 4) is 0 Å². The van der Waals surface area contributed by atoms with Gasteiger partial charge in [-0.2, -0.15) is 18.2 Å². The number of nitrogen functional groups attached to an aromatic ring is 1. The zero-order chi connectivity index (χ0) is 18.3. The van der Waals surface area contributed by atoms with Gasteiger partial charge in [0.05, 0.1) is 11.1 Å². The Morgan fingerprint density at radius 3 is 2.73 bits per heavy atom. The summed E-state index contributed by atoms with van der Waals surface area (Å²) in [6.07, 6.45) is -0.988. The van der Waals surface area contributed by atoms with E-state index in [0.717, 1.165) is 23.0 Å². The van der Waals surface area contributed by atoms with E-state index in [4.69, 9.17) is 5.73 Å². The van der Waals surface area contributed by atoms with Gasteiger partial charge < -0.3 is 11.1 Å². The molecule has 2 aromatic carbocycles. The Kier molecular flexibility index (Phi) is 3.68. The van der Waals surface area contributed by atoms with Gasteiger partial charge in [-0.15, -0.1) is 0 Å². The van der Waals surface area contributed by atoms with Gasteiger partial charge in [-0.25, -0.2) is 4.98 Å². The molecule has 2 heterocycles. The van der Waals surface area contributed by atoms with Gasteiger partial charge in [0.25, 0.3) is 0 Å². The monoisotopic (exact) mass is 357 g/mol. The summed E-state index contributed by atoms with van der Waals surface area (Å²) in [5.41, 5.74) is 6.25. The van der Waals surface area contributed by atoms with Crippen molar-refractivity contribution in [2.24, 2.45) is 0 Å². The average Bonchev–Trinajstić information content (AvgIpc) is 3.07. The van der Waals surface area contributed by atoms with Gasteiger partial charge in [-0.3, -0.25) is 4.40 Å². The number of halogens is 3. The van der Waals surface area contributed by atoms with Crippen LogP contribution in [0.1, 0.15) is 11.1 Å². The number of alkyl halides is 3. The van der Waals surface area contributed by atoms with Gasteiger partial charge in [0.15, 0.2) is 0 Å². The second kappa shape index (κ2) is 5.91. The highest BCUT2D eigenvalue weighted by Gasteiger charge is 2.31. The molecule has 0 aliphatic rings. The van der Waals surface area contributed by atoms with E-state index < -0.39 is 11.7 Å². The number of hydrogen-bond donors (Lipinski definition) is 2. The molecule has 3 N–H and O–H groups in total. The maximum absolute atomic E-state index is 13.0. The van der Waals surface area contributed by atoms with Gasteiger partial charge in [0.2, 0.25) is 5.78 Å². The minimum absolute atomic E-state index is 0.0677. The van der Waals surface area contributed by atoms with E-state index in [1.165, 1.54) is 6.07 Å². The molecule has 0 aliphatic carbocycles. The van der Waals surface area contributed by atoms with Crippen molar-refractivity contribution in [3.05, 3.63) is 66.0 Å². The lowest BCUT2D eigenvalue weighted by Gasteiger charge is -2.13. The lowest BCUT2D eigenvalue weighted by atomic mass is 10.1.